The Morgan fingerprint density at radius 1 is 1.56 bits per heavy atom. The van der Waals surface area contributed by atoms with E-state index in [2.05, 4.69) is 0 Å². The van der Waals surface area contributed by atoms with E-state index in [1.54, 1.807) is 13.8 Å². The average Bonchev–Trinajstić information content (AvgIpc) is 2.31. The van der Waals surface area contributed by atoms with Crippen LogP contribution in [0.15, 0.2) is 23.8 Å². The van der Waals surface area contributed by atoms with Crippen LogP contribution in [0.2, 0.25) is 0 Å². The molecule has 0 bridgehead atoms. The van der Waals surface area contributed by atoms with Gasteiger partial charge in [0.25, 0.3) is 5.69 Å². The van der Waals surface area contributed by atoms with Crippen LogP contribution in [0.3, 0.4) is 0 Å². The van der Waals surface area contributed by atoms with Crippen molar-refractivity contribution in [1.29, 1.82) is 0 Å². The molecule has 0 aliphatic rings. The molecular formula is C12H13NO5. The number of phenolic OH excluding ortho intramolecular Hbond substituents is 1. The van der Waals surface area contributed by atoms with E-state index in [1.807, 2.05) is 0 Å². The monoisotopic (exact) mass is 251 g/mol. The molecule has 0 amide bonds. The van der Waals surface area contributed by atoms with Gasteiger partial charge in [-0.3, -0.25) is 10.1 Å². The van der Waals surface area contributed by atoms with Crippen molar-refractivity contribution in [3.8, 4) is 5.75 Å². The standard InChI is InChI=1S/C12H13NO5/c1-3-18-12(15)8(2)6-9-4-5-10(13(16)17)7-11(9)14/h4-7,14H,3H2,1-2H3/b8-6+. The van der Waals surface area contributed by atoms with Crippen molar-refractivity contribution in [3.05, 3.63) is 39.4 Å². The number of nitro benzene ring substituents is 1. The minimum Gasteiger partial charge on any atom is -0.507 e. The molecule has 1 aromatic rings. The van der Waals surface area contributed by atoms with Gasteiger partial charge >= 0.3 is 5.97 Å². The summed E-state index contributed by atoms with van der Waals surface area (Å²) in [6.07, 6.45) is 1.41. The number of nitrogens with zero attached hydrogens (tertiary/aromatic N) is 1. The first-order chi connectivity index (χ1) is 8.45. The van der Waals surface area contributed by atoms with Crippen molar-refractivity contribution in [3.63, 3.8) is 0 Å². The molecule has 96 valence electrons. The second-order valence-corrected chi connectivity index (χ2v) is 3.55. The van der Waals surface area contributed by atoms with Gasteiger partial charge in [-0.05, 0) is 26.0 Å². The van der Waals surface area contributed by atoms with Gasteiger partial charge in [-0.2, -0.15) is 0 Å². The number of aromatic hydroxyl groups is 1. The lowest BCUT2D eigenvalue weighted by Crippen LogP contribution is -2.04. The summed E-state index contributed by atoms with van der Waals surface area (Å²) in [5, 5.41) is 20.1. The third-order valence-corrected chi connectivity index (χ3v) is 2.19. The Hall–Kier alpha value is -2.37. The Morgan fingerprint density at radius 3 is 2.72 bits per heavy atom. The SMILES string of the molecule is CCOC(=O)/C(C)=C/c1ccc([N+](=O)[O-])cc1O. The van der Waals surface area contributed by atoms with Crippen LogP contribution in [0.1, 0.15) is 19.4 Å². The summed E-state index contributed by atoms with van der Waals surface area (Å²) in [5.41, 5.74) is 0.422. The number of non-ortho nitro benzene ring substituents is 1. The molecule has 0 aliphatic carbocycles. The first-order valence-corrected chi connectivity index (χ1v) is 5.28. The maximum Gasteiger partial charge on any atom is 0.333 e. The molecule has 1 rings (SSSR count). The topological polar surface area (TPSA) is 89.7 Å². The van der Waals surface area contributed by atoms with E-state index in [0.29, 0.717) is 11.1 Å². The van der Waals surface area contributed by atoms with Gasteiger partial charge in [0.05, 0.1) is 17.6 Å². The molecule has 0 unspecified atom stereocenters. The smallest absolute Gasteiger partial charge is 0.333 e. The van der Waals surface area contributed by atoms with Crippen molar-refractivity contribution in [2.75, 3.05) is 6.61 Å². The highest BCUT2D eigenvalue weighted by Crippen LogP contribution is 2.25. The predicted octanol–water partition coefficient (Wildman–Crippen LogP) is 2.27. The fourth-order valence-corrected chi connectivity index (χ4v) is 1.30. The summed E-state index contributed by atoms with van der Waals surface area (Å²) in [7, 11) is 0. The summed E-state index contributed by atoms with van der Waals surface area (Å²) in [6.45, 7) is 3.49. The van der Waals surface area contributed by atoms with E-state index in [9.17, 15) is 20.0 Å². The van der Waals surface area contributed by atoms with Gasteiger partial charge in [0.2, 0.25) is 0 Å². The number of esters is 1. The number of carbonyl (C=O) groups is 1. The Kier molecular flexibility index (Phi) is 4.42. The van der Waals surface area contributed by atoms with Crippen LogP contribution in [-0.4, -0.2) is 22.6 Å². The molecule has 0 atom stereocenters. The third kappa shape index (κ3) is 3.31. The number of benzene rings is 1. The Labute approximate surface area is 104 Å². The zero-order chi connectivity index (χ0) is 13.7. The summed E-state index contributed by atoms with van der Waals surface area (Å²) in [5.74, 6) is -0.747. The minimum absolute atomic E-state index is 0.210. The maximum absolute atomic E-state index is 11.4. The quantitative estimate of drug-likeness (QED) is 0.383. The lowest BCUT2D eigenvalue weighted by atomic mass is 10.1. The van der Waals surface area contributed by atoms with Gasteiger partial charge in [-0.25, -0.2) is 4.79 Å². The zero-order valence-electron chi connectivity index (χ0n) is 10.0. The molecule has 0 fully saturated rings. The van der Waals surface area contributed by atoms with Crippen molar-refractivity contribution < 1.29 is 19.6 Å². The van der Waals surface area contributed by atoms with Gasteiger partial charge in [-0.15, -0.1) is 0 Å². The summed E-state index contributed by atoms with van der Waals surface area (Å²) in [6, 6.07) is 3.66. The number of nitro groups is 1. The molecule has 0 saturated carbocycles. The van der Waals surface area contributed by atoms with Gasteiger partial charge in [0.15, 0.2) is 0 Å². The molecule has 6 nitrogen and oxygen atoms in total. The van der Waals surface area contributed by atoms with Crippen molar-refractivity contribution >= 4 is 17.7 Å². The van der Waals surface area contributed by atoms with Crippen LogP contribution in [0, 0.1) is 10.1 Å². The van der Waals surface area contributed by atoms with E-state index in [0.717, 1.165) is 6.07 Å². The molecule has 0 saturated heterocycles. The lowest BCUT2D eigenvalue weighted by Gasteiger charge is -2.03. The number of phenols is 1. The normalized spacial score (nSPS) is 11.1. The molecule has 0 radical (unpaired) electrons. The lowest BCUT2D eigenvalue weighted by molar-refractivity contribution is -0.384. The van der Waals surface area contributed by atoms with Crippen LogP contribution < -0.4 is 0 Å². The fourth-order valence-electron chi connectivity index (χ4n) is 1.30. The molecule has 1 N–H and O–H groups in total. The largest absolute Gasteiger partial charge is 0.507 e. The zero-order valence-corrected chi connectivity index (χ0v) is 10.0. The molecule has 0 aliphatic heterocycles. The highest BCUT2D eigenvalue weighted by Gasteiger charge is 2.10. The molecule has 0 spiro atoms. The number of carbonyl (C=O) groups excluding carboxylic acids is 1. The van der Waals surface area contributed by atoms with Gasteiger partial charge in [-0.1, -0.05) is 0 Å². The second kappa shape index (κ2) is 5.81. The summed E-state index contributed by atoms with van der Waals surface area (Å²) < 4.78 is 4.78. The highest BCUT2D eigenvalue weighted by molar-refractivity contribution is 5.93. The third-order valence-electron chi connectivity index (χ3n) is 2.19. The van der Waals surface area contributed by atoms with Crippen molar-refractivity contribution in [2.45, 2.75) is 13.8 Å². The van der Waals surface area contributed by atoms with E-state index in [1.165, 1.54) is 18.2 Å². The number of ether oxygens (including phenoxy) is 1. The number of hydrogen-bond acceptors (Lipinski definition) is 5. The predicted molar refractivity (Wildman–Crippen MR) is 65.0 cm³/mol. The highest BCUT2D eigenvalue weighted by atomic mass is 16.6. The van der Waals surface area contributed by atoms with Gasteiger partial charge in [0.1, 0.15) is 5.75 Å². The Bertz CT molecular complexity index is 507. The molecule has 0 heterocycles. The van der Waals surface area contributed by atoms with Crippen molar-refractivity contribution in [2.24, 2.45) is 0 Å². The van der Waals surface area contributed by atoms with E-state index < -0.39 is 10.9 Å². The van der Waals surface area contributed by atoms with Crippen LogP contribution in [0.5, 0.6) is 5.75 Å². The van der Waals surface area contributed by atoms with E-state index >= 15 is 0 Å². The Balaban J connectivity index is 3.01. The molecule has 0 aromatic heterocycles. The van der Waals surface area contributed by atoms with Crippen LogP contribution in [-0.2, 0) is 9.53 Å². The molecule has 18 heavy (non-hydrogen) atoms. The van der Waals surface area contributed by atoms with E-state index in [4.69, 9.17) is 4.74 Å². The molecule has 1 aromatic carbocycles. The maximum atomic E-state index is 11.4. The number of hydrogen-bond donors (Lipinski definition) is 1. The van der Waals surface area contributed by atoms with Crippen LogP contribution >= 0.6 is 0 Å². The molecule has 6 heteroatoms. The first kappa shape index (κ1) is 13.7. The minimum atomic E-state index is -0.606. The van der Waals surface area contributed by atoms with Gasteiger partial charge in [0, 0.05) is 17.2 Å². The van der Waals surface area contributed by atoms with Crippen LogP contribution in [0.25, 0.3) is 6.08 Å². The van der Waals surface area contributed by atoms with E-state index in [-0.39, 0.29) is 18.0 Å². The summed E-state index contributed by atoms with van der Waals surface area (Å²) in [4.78, 5) is 21.2. The van der Waals surface area contributed by atoms with Crippen LogP contribution in [0.4, 0.5) is 5.69 Å². The van der Waals surface area contributed by atoms with Gasteiger partial charge < -0.3 is 9.84 Å². The first-order valence-electron chi connectivity index (χ1n) is 5.28. The molecular weight excluding hydrogens is 238 g/mol. The average molecular weight is 251 g/mol. The Morgan fingerprint density at radius 2 is 2.22 bits per heavy atom. The fraction of sp³-hybridized carbons (Fsp3) is 0.250. The van der Waals surface area contributed by atoms with Crippen molar-refractivity contribution in [1.82, 2.24) is 0 Å². The second-order valence-electron chi connectivity index (χ2n) is 3.55. The number of rotatable bonds is 4. The summed E-state index contributed by atoms with van der Waals surface area (Å²) >= 11 is 0.